The fourth-order valence-electron chi connectivity index (χ4n) is 1.30. The molecule has 0 saturated heterocycles. The van der Waals surface area contributed by atoms with Gasteiger partial charge in [-0.2, -0.15) is 18.3 Å². The number of alkyl halides is 3. The highest BCUT2D eigenvalue weighted by atomic mass is 19.4. The van der Waals surface area contributed by atoms with Crippen molar-refractivity contribution in [1.82, 2.24) is 9.78 Å². The third-order valence-electron chi connectivity index (χ3n) is 1.91. The zero-order valence-electron chi connectivity index (χ0n) is 9.12. The van der Waals surface area contributed by atoms with Crippen LogP contribution in [0.25, 0.3) is 0 Å². The number of carbonyl (C=O) groups excluding carboxylic acids is 1. The van der Waals surface area contributed by atoms with E-state index >= 15 is 0 Å². The van der Waals surface area contributed by atoms with E-state index < -0.39 is 23.4 Å². The second kappa shape index (κ2) is 5.03. The van der Waals surface area contributed by atoms with Crippen LogP contribution >= 0.6 is 0 Å². The molecule has 0 aromatic carbocycles. The largest absolute Gasteiger partial charge is 0.462 e. The Labute approximate surface area is 95.7 Å². The molecule has 94 valence electrons. The van der Waals surface area contributed by atoms with Crippen molar-refractivity contribution in [2.45, 2.75) is 19.6 Å². The van der Waals surface area contributed by atoms with Crippen LogP contribution in [-0.2, 0) is 17.5 Å². The molecule has 0 radical (unpaired) electrons. The first-order valence-electron chi connectivity index (χ1n) is 4.82. The quantitative estimate of drug-likeness (QED) is 0.606. The minimum Gasteiger partial charge on any atom is -0.462 e. The summed E-state index contributed by atoms with van der Waals surface area (Å²) in [6.07, 6.45) is -2.55. The summed E-state index contributed by atoms with van der Waals surface area (Å²) in [6.45, 7) is 4.71. The van der Waals surface area contributed by atoms with Crippen molar-refractivity contribution >= 4 is 5.97 Å². The summed E-state index contributed by atoms with van der Waals surface area (Å²) in [4.78, 5) is 11.3. The van der Waals surface area contributed by atoms with Gasteiger partial charge in [-0.25, -0.2) is 4.79 Å². The molecule has 0 spiro atoms. The van der Waals surface area contributed by atoms with Crippen molar-refractivity contribution < 1.29 is 22.7 Å². The van der Waals surface area contributed by atoms with E-state index in [0.29, 0.717) is 4.68 Å². The average Bonchev–Trinajstić information content (AvgIpc) is 2.62. The van der Waals surface area contributed by atoms with Crippen LogP contribution in [0.5, 0.6) is 0 Å². The van der Waals surface area contributed by atoms with Crippen molar-refractivity contribution in [3.05, 3.63) is 30.1 Å². The molecule has 1 rings (SSSR count). The molecule has 0 amide bonds. The molecule has 0 bridgehead atoms. The van der Waals surface area contributed by atoms with Gasteiger partial charge in [0.05, 0.1) is 19.3 Å². The number of rotatable bonds is 4. The normalized spacial score (nSPS) is 11.3. The maximum atomic E-state index is 12.8. The van der Waals surface area contributed by atoms with Gasteiger partial charge in [-0.1, -0.05) is 6.08 Å². The van der Waals surface area contributed by atoms with Crippen molar-refractivity contribution in [1.29, 1.82) is 0 Å². The number of halogens is 3. The number of hydrogen-bond donors (Lipinski definition) is 0. The van der Waals surface area contributed by atoms with Crippen LogP contribution in [0.3, 0.4) is 0 Å². The van der Waals surface area contributed by atoms with Crippen LogP contribution in [-0.4, -0.2) is 22.4 Å². The van der Waals surface area contributed by atoms with Crippen LogP contribution in [0.1, 0.15) is 23.0 Å². The number of hydrogen-bond acceptors (Lipinski definition) is 3. The van der Waals surface area contributed by atoms with Gasteiger partial charge >= 0.3 is 12.1 Å². The van der Waals surface area contributed by atoms with E-state index in [1.54, 1.807) is 0 Å². The molecule has 0 fully saturated rings. The van der Waals surface area contributed by atoms with E-state index in [9.17, 15) is 18.0 Å². The lowest BCUT2D eigenvalue weighted by Gasteiger charge is -2.10. The number of aromatic nitrogens is 2. The van der Waals surface area contributed by atoms with Crippen molar-refractivity contribution in [3.63, 3.8) is 0 Å². The maximum absolute atomic E-state index is 12.8. The van der Waals surface area contributed by atoms with Crippen LogP contribution in [0.2, 0.25) is 0 Å². The zero-order chi connectivity index (χ0) is 13.1. The van der Waals surface area contributed by atoms with Crippen molar-refractivity contribution in [3.8, 4) is 0 Å². The molecule has 1 aromatic rings. The second-order valence-electron chi connectivity index (χ2n) is 3.10. The summed E-state index contributed by atoms with van der Waals surface area (Å²) >= 11 is 0. The molecule has 0 aliphatic heterocycles. The van der Waals surface area contributed by atoms with E-state index in [0.717, 1.165) is 6.20 Å². The highest BCUT2D eigenvalue weighted by Gasteiger charge is 2.40. The Morgan fingerprint density at radius 3 is 2.76 bits per heavy atom. The Morgan fingerprint density at radius 1 is 1.65 bits per heavy atom. The van der Waals surface area contributed by atoms with Gasteiger partial charge in [-0.15, -0.1) is 6.58 Å². The van der Waals surface area contributed by atoms with Gasteiger partial charge in [0.25, 0.3) is 0 Å². The molecule has 1 heterocycles. The lowest BCUT2D eigenvalue weighted by atomic mass is 10.2. The van der Waals surface area contributed by atoms with Gasteiger partial charge in [0.2, 0.25) is 0 Å². The second-order valence-corrected chi connectivity index (χ2v) is 3.10. The van der Waals surface area contributed by atoms with E-state index in [-0.39, 0.29) is 13.2 Å². The molecule has 4 nitrogen and oxygen atoms in total. The third-order valence-corrected chi connectivity index (χ3v) is 1.91. The molecule has 1 aromatic heterocycles. The van der Waals surface area contributed by atoms with E-state index in [1.807, 2.05) is 0 Å². The SMILES string of the molecule is C=CCn1ncc(C(=O)OCC)c1C(F)(F)F. The van der Waals surface area contributed by atoms with E-state index in [2.05, 4.69) is 16.4 Å². The Hall–Kier alpha value is -1.79. The number of esters is 1. The van der Waals surface area contributed by atoms with Gasteiger partial charge < -0.3 is 4.74 Å². The summed E-state index contributed by atoms with van der Waals surface area (Å²) in [5, 5.41) is 3.50. The summed E-state index contributed by atoms with van der Waals surface area (Å²) < 4.78 is 43.5. The number of ether oxygens (including phenoxy) is 1. The average molecular weight is 248 g/mol. The molecule has 0 aliphatic carbocycles. The topological polar surface area (TPSA) is 44.1 Å². The first-order valence-corrected chi connectivity index (χ1v) is 4.82. The van der Waals surface area contributed by atoms with E-state index in [1.165, 1.54) is 13.0 Å². The summed E-state index contributed by atoms with van der Waals surface area (Å²) in [5.41, 5.74) is -1.70. The smallest absolute Gasteiger partial charge is 0.433 e. The molecular formula is C10H11F3N2O2. The predicted molar refractivity (Wildman–Crippen MR) is 53.4 cm³/mol. The number of carbonyl (C=O) groups is 1. The zero-order valence-corrected chi connectivity index (χ0v) is 9.12. The first kappa shape index (κ1) is 13.3. The van der Waals surface area contributed by atoms with Gasteiger partial charge in [-0.05, 0) is 6.92 Å². The third kappa shape index (κ3) is 2.86. The molecule has 0 aliphatic rings. The van der Waals surface area contributed by atoms with Crippen LogP contribution in [0, 0.1) is 0 Å². The van der Waals surface area contributed by atoms with Gasteiger partial charge in [0, 0.05) is 0 Å². The minimum atomic E-state index is -4.67. The highest BCUT2D eigenvalue weighted by molar-refractivity contribution is 5.90. The predicted octanol–water partition coefficient (Wildman–Crippen LogP) is 2.26. The molecule has 0 N–H and O–H groups in total. The summed E-state index contributed by atoms with van der Waals surface area (Å²) in [5.74, 6) is -1.03. The van der Waals surface area contributed by atoms with Gasteiger partial charge in [0.15, 0.2) is 5.69 Å². The molecule has 0 atom stereocenters. The molecule has 17 heavy (non-hydrogen) atoms. The summed E-state index contributed by atoms with van der Waals surface area (Å²) in [6, 6.07) is 0. The lowest BCUT2D eigenvalue weighted by Crippen LogP contribution is -2.19. The number of allylic oxidation sites excluding steroid dienone is 1. The standard InChI is InChI=1S/C10H11F3N2O2/c1-3-5-15-8(10(11,12)13)7(6-14-15)9(16)17-4-2/h3,6H,1,4-5H2,2H3. The van der Waals surface area contributed by atoms with Crippen molar-refractivity contribution in [2.24, 2.45) is 0 Å². The molecule has 0 saturated carbocycles. The number of nitrogens with zero attached hydrogens (tertiary/aromatic N) is 2. The minimum absolute atomic E-state index is 0.00275. The fraction of sp³-hybridized carbons (Fsp3) is 0.400. The van der Waals surface area contributed by atoms with Crippen molar-refractivity contribution in [2.75, 3.05) is 6.61 Å². The van der Waals surface area contributed by atoms with E-state index in [4.69, 9.17) is 0 Å². The Balaban J connectivity index is 3.22. The Kier molecular flexibility index (Phi) is 3.93. The molecule has 0 unspecified atom stereocenters. The molecular weight excluding hydrogens is 237 g/mol. The summed E-state index contributed by atoms with van der Waals surface area (Å²) in [7, 11) is 0. The van der Waals surface area contributed by atoms with Gasteiger partial charge in [-0.3, -0.25) is 4.68 Å². The molecule has 7 heteroatoms. The Bertz CT molecular complexity index is 424. The monoisotopic (exact) mass is 248 g/mol. The fourth-order valence-corrected chi connectivity index (χ4v) is 1.30. The van der Waals surface area contributed by atoms with Crippen LogP contribution in [0.4, 0.5) is 13.2 Å². The van der Waals surface area contributed by atoms with Gasteiger partial charge in [0.1, 0.15) is 5.56 Å². The first-order chi connectivity index (χ1) is 7.91. The highest BCUT2D eigenvalue weighted by Crippen LogP contribution is 2.32. The van der Waals surface area contributed by atoms with Crippen LogP contribution in [0.15, 0.2) is 18.9 Å². The Morgan fingerprint density at radius 2 is 2.29 bits per heavy atom. The lowest BCUT2D eigenvalue weighted by molar-refractivity contribution is -0.144. The maximum Gasteiger partial charge on any atom is 0.433 e. The van der Waals surface area contributed by atoms with Crippen LogP contribution < -0.4 is 0 Å².